The number of piperidine rings is 1. The molecule has 0 radical (unpaired) electrons. The molecule has 3 atom stereocenters. The number of phenolic OH excluding ortho intramolecular Hbond substituents is 1. The number of aromatic amines is 1. The molecule has 6 rings (SSSR count). The number of carbonyl (C=O) groups excluding carboxylic acids is 1. The Labute approximate surface area is 202 Å². The number of hydrogen-bond acceptors (Lipinski definition) is 7. The van der Waals surface area contributed by atoms with Gasteiger partial charge in [-0.25, -0.2) is 0 Å². The van der Waals surface area contributed by atoms with Crippen molar-refractivity contribution < 1.29 is 24.1 Å². The molecule has 1 aromatic carbocycles. The van der Waals surface area contributed by atoms with E-state index in [1.165, 1.54) is 6.08 Å². The number of rotatable bonds is 4. The van der Waals surface area contributed by atoms with E-state index in [0.29, 0.717) is 49.9 Å². The Bertz CT molecular complexity index is 1250. The number of para-hydroxylation sites is 1. The lowest BCUT2D eigenvalue weighted by atomic mass is 9.81. The number of carbonyl (C=O) groups is 1. The molecule has 182 valence electrons. The summed E-state index contributed by atoms with van der Waals surface area (Å²) >= 11 is 0. The molecule has 3 aromatic rings. The summed E-state index contributed by atoms with van der Waals surface area (Å²) in [5.41, 5.74) is 3.98. The van der Waals surface area contributed by atoms with Crippen molar-refractivity contribution in [3.63, 3.8) is 0 Å². The third-order valence-corrected chi connectivity index (χ3v) is 7.30. The van der Waals surface area contributed by atoms with Crippen LogP contribution < -0.4 is 0 Å². The molecule has 3 aliphatic heterocycles. The normalized spacial score (nSPS) is 26.6. The minimum absolute atomic E-state index is 0.0105. The monoisotopic (exact) mass is 476 g/mol. The van der Waals surface area contributed by atoms with Gasteiger partial charge in [-0.3, -0.25) is 4.79 Å². The molecule has 3 fully saturated rings. The molecule has 0 aliphatic carbocycles. The van der Waals surface area contributed by atoms with Crippen LogP contribution >= 0.6 is 0 Å². The Morgan fingerprint density at radius 1 is 1.11 bits per heavy atom. The van der Waals surface area contributed by atoms with Crippen LogP contribution in [0.2, 0.25) is 0 Å². The van der Waals surface area contributed by atoms with Gasteiger partial charge in [0, 0.05) is 28.1 Å². The van der Waals surface area contributed by atoms with E-state index >= 15 is 0 Å². The van der Waals surface area contributed by atoms with Crippen LogP contribution in [0.15, 0.2) is 43.0 Å². The number of morpholine rings is 1. The highest BCUT2D eigenvalue weighted by Gasteiger charge is 2.43. The molecule has 2 unspecified atom stereocenters. The molecule has 9 heteroatoms. The van der Waals surface area contributed by atoms with Crippen molar-refractivity contribution in [2.24, 2.45) is 0 Å². The van der Waals surface area contributed by atoms with E-state index in [9.17, 15) is 9.90 Å². The first kappa shape index (κ1) is 22.2. The van der Waals surface area contributed by atoms with E-state index in [1.54, 1.807) is 12.1 Å². The molecular weight excluding hydrogens is 448 g/mol. The maximum Gasteiger partial charge on any atom is 0.246 e. The summed E-state index contributed by atoms with van der Waals surface area (Å²) in [4.78, 5) is 18.0. The second-order valence-electron chi connectivity index (χ2n) is 9.36. The van der Waals surface area contributed by atoms with Crippen molar-refractivity contribution in [3.8, 4) is 17.0 Å². The van der Waals surface area contributed by atoms with Gasteiger partial charge in [-0.2, -0.15) is 0 Å². The van der Waals surface area contributed by atoms with Gasteiger partial charge < -0.3 is 29.2 Å². The Morgan fingerprint density at radius 3 is 2.63 bits per heavy atom. The molecule has 5 heterocycles. The quantitative estimate of drug-likeness (QED) is 0.557. The first-order valence-electron chi connectivity index (χ1n) is 12.0. The number of ether oxygens (including phenoxy) is 3. The van der Waals surface area contributed by atoms with Gasteiger partial charge in [-0.1, -0.05) is 18.7 Å². The molecule has 9 nitrogen and oxygen atoms in total. The number of fused-ring (bicyclic) bond motifs is 3. The van der Waals surface area contributed by atoms with Gasteiger partial charge in [0.1, 0.15) is 11.9 Å². The number of nitrogens with zero attached hydrogens (tertiary/aromatic N) is 3. The molecule has 2 N–H and O–H groups in total. The number of amides is 1. The van der Waals surface area contributed by atoms with E-state index in [4.69, 9.17) is 14.2 Å². The number of benzene rings is 1. The van der Waals surface area contributed by atoms with Crippen LogP contribution in [0.3, 0.4) is 0 Å². The summed E-state index contributed by atoms with van der Waals surface area (Å²) in [5, 5.41) is 20.2. The average Bonchev–Trinajstić information content (AvgIpc) is 3.27. The summed E-state index contributed by atoms with van der Waals surface area (Å²) < 4.78 is 17.7. The summed E-state index contributed by atoms with van der Waals surface area (Å²) in [5.74, 6) is 0.287. The second kappa shape index (κ2) is 9.07. The van der Waals surface area contributed by atoms with Gasteiger partial charge in [0.05, 0.1) is 50.8 Å². The van der Waals surface area contributed by atoms with Crippen molar-refractivity contribution in [1.29, 1.82) is 0 Å². The second-order valence-corrected chi connectivity index (χ2v) is 9.36. The highest BCUT2D eigenvalue weighted by atomic mass is 16.6. The maximum atomic E-state index is 12.5. The van der Waals surface area contributed by atoms with Crippen molar-refractivity contribution in [2.75, 3.05) is 33.0 Å². The lowest BCUT2D eigenvalue weighted by Gasteiger charge is -2.48. The molecule has 35 heavy (non-hydrogen) atoms. The SMILES string of the molecule is C=CC(=O)N1C2COCC1CC(c1[nH]c3nnc(-c4ccccc4O)cc3c1[C@H]1COCCO1)C2. The van der Waals surface area contributed by atoms with Gasteiger partial charge in [-0.15, -0.1) is 10.2 Å². The fraction of sp³-hybridized carbons (Fsp3) is 0.423. The van der Waals surface area contributed by atoms with Gasteiger partial charge in [-0.05, 0) is 37.1 Å². The molecule has 2 bridgehead atoms. The molecule has 3 aliphatic rings. The molecule has 1 amide bonds. The number of aromatic nitrogens is 3. The zero-order valence-corrected chi connectivity index (χ0v) is 19.4. The molecule has 0 saturated carbocycles. The first-order valence-corrected chi connectivity index (χ1v) is 12.0. The van der Waals surface area contributed by atoms with Gasteiger partial charge in [0.15, 0.2) is 5.65 Å². The maximum absolute atomic E-state index is 12.5. The number of hydrogen-bond donors (Lipinski definition) is 2. The topological polar surface area (TPSA) is 110 Å². The summed E-state index contributed by atoms with van der Waals surface area (Å²) in [6.07, 6.45) is 2.69. The lowest BCUT2D eigenvalue weighted by Crippen LogP contribution is -2.58. The zero-order valence-electron chi connectivity index (χ0n) is 19.4. The molecule has 3 saturated heterocycles. The highest BCUT2D eigenvalue weighted by molar-refractivity contribution is 5.88. The molecule has 0 spiro atoms. The van der Waals surface area contributed by atoms with E-state index in [2.05, 4.69) is 21.8 Å². The van der Waals surface area contributed by atoms with E-state index in [0.717, 1.165) is 29.5 Å². The van der Waals surface area contributed by atoms with Crippen molar-refractivity contribution >= 4 is 16.9 Å². The van der Waals surface area contributed by atoms with Crippen LogP contribution in [0.4, 0.5) is 0 Å². The van der Waals surface area contributed by atoms with E-state index in [1.807, 2.05) is 23.1 Å². The Morgan fingerprint density at radius 2 is 1.91 bits per heavy atom. The number of nitrogens with one attached hydrogen (secondary N) is 1. The highest BCUT2D eigenvalue weighted by Crippen LogP contribution is 2.43. The van der Waals surface area contributed by atoms with E-state index in [-0.39, 0.29) is 35.8 Å². The average molecular weight is 477 g/mol. The Kier molecular flexibility index (Phi) is 5.75. The smallest absolute Gasteiger partial charge is 0.246 e. The predicted molar refractivity (Wildman–Crippen MR) is 128 cm³/mol. The van der Waals surface area contributed by atoms with Crippen molar-refractivity contribution in [2.45, 2.75) is 36.9 Å². The van der Waals surface area contributed by atoms with Crippen LogP contribution in [0.25, 0.3) is 22.3 Å². The summed E-state index contributed by atoms with van der Waals surface area (Å²) in [6, 6.07) is 9.05. The minimum atomic E-state index is -0.238. The van der Waals surface area contributed by atoms with Crippen LogP contribution in [0.5, 0.6) is 5.75 Å². The van der Waals surface area contributed by atoms with Crippen LogP contribution in [-0.2, 0) is 19.0 Å². The third kappa shape index (κ3) is 3.89. The van der Waals surface area contributed by atoms with E-state index < -0.39 is 0 Å². The summed E-state index contributed by atoms with van der Waals surface area (Å²) in [6.45, 7) is 6.26. The van der Waals surface area contributed by atoms with Gasteiger partial charge >= 0.3 is 0 Å². The third-order valence-electron chi connectivity index (χ3n) is 7.30. The molecular formula is C26H28N4O5. The van der Waals surface area contributed by atoms with Crippen LogP contribution in [-0.4, -0.2) is 76.2 Å². The van der Waals surface area contributed by atoms with Gasteiger partial charge in [0.25, 0.3) is 0 Å². The predicted octanol–water partition coefficient (Wildman–Crippen LogP) is 3.08. The van der Waals surface area contributed by atoms with Crippen LogP contribution in [0.1, 0.15) is 36.1 Å². The standard InChI is InChI=1S/C26H28N4O5/c1-2-23(32)30-16-9-15(10-17(30)13-34-12-16)25-24(22-14-33-7-8-35-22)19-11-20(28-29-26(19)27-25)18-5-3-4-6-21(18)31/h2-6,11,15-17,22,31H,1,7-10,12-14H2,(H,27,29)/t15?,16?,17?,22-/m1/s1. The molecule has 2 aromatic heterocycles. The Balaban J connectivity index is 1.44. The van der Waals surface area contributed by atoms with Crippen molar-refractivity contribution in [3.05, 3.63) is 54.2 Å². The lowest BCUT2D eigenvalue weighted by molar-refractivity contribution is -0.146. The van der Waals surface area contributed by atoms with Gasteiger partial charge in [0.2, 0.25) is 5.91 Å². The van der Waals surface area contributed by atoms with Crippen LogP contribution in [0, 0.1) is 0 Å². The Hall–Kier alpha value is -3.27. The fourth-order valence-electron chi connectivity index (χ4n) is 5.79. The number of aromatic hydroxyl groups is 1. The number of phenols is 1. The fourth-order valence-corrected chi connectivity index (χ4v) is 5.79. The number of H-pyrrole nitrogens is 1. The van der Waals surface area contributed by atoms with Crippen molar-refractivity contribution in [1.82, 2.24) is 20.1 Å². The first-order chi connectivity index (χ1) is 17.1. The summed E-state index contributed by atoms with van der Waals surface area (Å²) in [7, 11) is 0. The zero-order chi connectivity index (χ0) is 23.9. The largest absolute Gasteiger partial charge is 0.507 e. The minimum Gasteiger partial charge on any atom is -0.507 e.